The lowest BCUT2D eigenvalue weighted by molar-refractivity contribution is -0.185. The first-order valence-electron chi connectivity index (χ1n) is 9.13. The number of amides is 1. The molecule has 1 amide bonds. The molecular formula is C18H24N2O5S. The fourth-order valence-electron chi connectivity index (χ4n) is 4.02. The fraction of sp³-hybridized carbons (Fsp3) is 0.667. The third-order valence-corrected chi connectivity index (χ3v) is 6.57. The van der Waals surface area contributed by atoms with Crippen molar-refractivity contribution in [3.8, 4) is 0 Å². The van der Waals surface area contributed by atoms with Gasteiger partial charge in [-0.3, -0.25) is 9.69 Å². The van der Waals surface area contributed by atoms with Gasteiger partial charge in [0.2, 0.25) is 5.91 Å². The number of nitrogens with one attached hydrogen (secondary N) is 1. The quantitative estimate of drug-likeness (QED) is 0.803. The monoisotopic (exact) mass is 380 g/mol. The van der Waals surface area contributed by atoms with Gasteiger partial charge in [0, 0.05) is 30.8 Å². The van der Waals surface area contributed by atoms with Crippen LogP contribution >= 0.6 is 11.3 Å². The summed E-state index contributed by atoms with van der Waals surface area (Å²) in [6, 6.07) is 0. The molecule has 1 N–H and O–H groups in total. The van der Waals surface area contributed by atoms with Gasteiger partial charge in [-0.2, -0.15) is 0 Å². The Bertz CT molecular complexity index is 701. The topological polar surface area (TPSA) is 77.1 Å². The number of aryl methyl sites for hydroxylation is 1. The number of rotatable bonds is 4. The van der Waals surface area contributed by atoms with Crippen LogP contribution in [-0.2, 0) is 31.8 Å². The van der Waals surface area contributed by atoms with Gasteiger partial charge in [0.15, 0.2) is 5.79 Å². The van der Waals surface area contributed by atoms with Crippen LogP contribution in [0.25, 0.3) is 0 Å². The number of methoxy groups -OCH3 is 1. The number of hydrogen-bond donors (Lipinski definition) is 1. The van der Waals surface area contributed by atoms with Crippen LogP contribution in [0.2, 0.25) is 0 Å². The van der Waals surface area contributed by atoms with Crippen LogP contribution in [0.1, 0.15) is 40.1 Å². The van der Waals surface area contributed by atoms with Gasteiger partial charge in [-0.25, -0.2) is 4.79 Å². The first-order chi connectivity index (χ1) is 12.6. The first-order valence-corrected chi connectivity index (χ1v) is 9.95. The number of esters is 1. The number of likely N-dealkylation sites (tertiary alicyclic amines) is 1. The molecule has 2 aliphatic heterocycles. The maximum Gasteiger partial charge on any atom is 0.341 e. The Labute approximate surface area is 156 Å². The van der Waals surface area contributed by atoms with Gasteiger partial charge in [-0.05, 0) is 24.8 Å². The van der Waals surface area contributed by atoms with Gasteiger partial charge in [0.05, 0.1) is 32.4 Å². The number of thiophene rings is 1. The van der Waals surface area contributed by atoms with Crippen LogP contribution in [0, 0.1) is 0 Å². The van der Waals surface area contributed by atoms with E-state index in [1.54, 1.807) is 0 Å². The Morgan fingerprint density at radius 3 is 2.65 bits per heavy atom. The van der Waals surface area contributed by atoms with Crippen molar-refractivity contribution in [2.24, 2.45) is 0 Å². The summed E-state index contributed by atoms with van der Waals surface area (Å²) in [5, 5.41) is 3.57. The summed E-state index contributed by atoms with van der Waals surface area (Å²) >= 11 is 1.51. The molecule has 142 valence electrons. The third kappa shape index (κ3) is 3.38. The Balaban J connectivity index is 1.38. The number of fused-ring (bicyclic) bond motifs is 1. The molecule has 3 heterocycles. The summed E-state index contributed by atoms with van der Waals surface area (Å²) in [7, 11) is 1.38. The SMILES string of the molecule is COC(=O)c1c(NC(=O)CN2CCC3(CC2)OCCO3)sc2c1CCC2. The molecule has 8 heteroatoms. The van der Waals surface area contributed by atoms with Gasteiger partial charge in [0.1, 0.15) is 5.00 Å². The number of nitrogens with zero attached hydrogens (tertiary/aromatic N) is 1. The molecule has 7 nitrogen and oxygen atoms in total. The minimum atomic E-state index is -0.431. The van der Waals surface area contributed by atoms with E-state index in [0.29, 0.717) is 30.3 Å². The molecular weight excluding hydrogens is 356 g/mol. The number of carbonyl (C=O) groups is 2. The molecule has 26 heavy (non-hydrogen) atoms. The molecule has 1 aromatic rings. The van der Waals surface area contributed by atoms with E-state index in [0.717, 1.165) is 50.8 Å². The molecule has 2 saturated heterocycles. The van der Waals surface area contributed by atoms with Crippen molar-refractivity contribution in [3.63, 3.8) is 0 Å². The van der Waals surface area contributed by atoms with Gasteiger partial charge in [0.25, 0.3) is 0 Å². The Morgan fingerprint density at radius 1 is 1.23 bits per heavy atom. The highest BCUT2D eigenvalue weighted by Crippen LogP contribution is 2.39. The second kappa shape index (κ2) is 7.26. The molecule has 1 spiro atoms. The maximum absolute atomic E-state index is 12.5. The van der Waals surface area contributed by atoms with Crippen molar-refractivity contribution in [2.75, 3.05) is 45.3 Å². The molecule has 0 aromatic carbocycles. The molecule has 0 saturated carbocycles. The van der Waals surface area contributed by atoms with Crippen molar-refractivity contribution in [1.29, 1.82) is 0 Å². The molecule has 3 aliphatic rings. The van der Waals surface area contributed by atoms with Gasteiger partial charge >= 0.3 is 5.97 Å². The lowest BCUT2D eigenvalue weighted by Crippen LogP contribution is -2.47. The largest absolute Gasteiger partial charge is 0.465 e. The molecule has 0 unspecified atom stereocenters. The van der Waals surface area contributed by atoms with Crippen LogP contribution in [-0.4, -0.2) is 62.5 Å². The predicted molar refractivity (Wildman–Crippen MR) is 96.6 cm³/mol. The average molecular weight is 380 g/mol. The smallest absolute Gasteiger partial charge is 0.341 e. The van der Waals surface area contributed by atoms with E-state index >= 15 is 0 Å². The number of piperidine rings is 1. The first kappa shape index (κ1) is 17.9. The minimum absolute atomic E-state index is 0.0979. The van der Waals surface area contributed by atoms with Crippen molar-refractivity contribution in [1.82, 2.24) is 4.90 Å². The van der Waals surface area contributed by atoms with Crippen molar-refractivity contribution in [2.45, 2.75) is 37.9 Å². The van der Waals surface area contributed by atoms with Crippen LogP contribution in [0.3, 0.4) is 0 Å². The second-order valence-corrected chi connectivity index (χ2v) is 8.09. The van der Waals surface area contributed by atoms with E-state index in [-0.39, 0.29) is 11.9 Å². The van der Waals surface area contributed by atoms with E-state index in [1.165, 1.54) is 23.3 Å². The van der Waals surface area contributed by atoms with Crippen molar-refractivity contribution >= 4 is 28.2 Å². The molecule has 2 fully saturated rings. The number of carbonyl (C=O) groups excluding carboxylic acids is 2. The third-order valence-electron chi connectivity index (χ3n) is 5.36. The zero-order valence-electron chi connectivity index (χ0n) is 15.0. The average Bonchev–Trinajstić information content (AvgIpc) is 3.33. The predicted octanol–water partition coefficient (Wildman–Crippen LogP) is 1.80. The van der Waals surface area contributed by atoms with Crippen LogP contribution in [0.4, 0.5) is 5.00 Å². The van der Waals surface area contributed by atoms with Crippen LogP contribution < -0.4 is 5.32 Å². The van der Waals surface area contributed by atoms with Gasteiger partial charge in [-0.1, -0.05) is 0 Å². The lowest BCUT2D eigenvalue weighted by atomic mass is 10.0. The second-order valence-electron chi connectivity index (χ2n) is 6.98. The zero-order chi connectivity index (χ0) is 18.1. The number of ether oxygens (including phenoxy) is 3. The van der Waals surface area contributed by atoms with E-state index < -0.39 is 5.79 Å². The standard InChI is InChI=1S/C18H24N2O5S/c1-23-17(22)15-12-3-2-4-13(12)26-16(15)19-14(21)11-20-7-5-18(6-8-20)24-9-10-25-18/h2-11H2,1H3,(H,19,21). The number of hydrogen-bond acceptors (Lipinski definition) is 7. The van der Waals surface area contributed by atoms with Gasteiger partial charge in [-0.15, -0.1) is 11.3 Å². The van der Waals surface area contributed by atoms with Crippen LogP contribution in [0.5, 0.6) is 0 Å². The highest BCUT2D eigenvalue weighted by molar-refractivity contribution is 7.17. The normalized spacial score (nSPS) is 21.7. The molecule has 1 aliphatic carbocycles. The molecule has 0 atom stereocenters. The van der Waals surface area contributed by atoms with E-state index in [4.69, 9.17) is 14.2 Å². The highest BCUT2D eigenvalue weighted by atomic mass is 32.1. The van der Waals surface area contributed by atoms with Gasteiger partial charge < -0.3 is 19.5 Å². The highest BCUT2D eigenvalue weighted by Gasteiger charge is 2.40. The van der Waals surface area contributed by atoms with E-state index in [9.17, 15) is 9.59 Å². The zero-order valence-corrected chi connectivity index (χ0v) is 15.8. The minimum Gasteiger partial charge on any atom is -0.465 e. The Kier molecular flexibility index (Phi) is 5.00. The molecule has 4 rings (SSSR count). The summed E-state index contributed by atoms with van der Waals surface area (Å²) in [5.74, 6) is -0.894. The Hall–Kier alpha value is -1.48. The molecule has 0 bridgehead atoms. The van der Waals surface area contributed by atoms with E-state index in [2.05, 4.69) is 10.2 Å². The number of anilines is 1. The molecule has 1 aromatic heterocycles. The summed E-state index contributed by atoms with van der Waals surface area (Å²) in [6.45, 7) is 3.13. The summed E-state index contributed by atoms with van der Waals surface area (Å²) in [5.41, 5.74) is 1.59. The summed E-state index contributed by atoms with van der Waals surface area (Å²) in [4.78, 5) is 28.0. The maximum atomic E-state index is 12.5. The summed E-state index contributed by atoms with van der Waals surface area (Å²) < 4.78 is 16.4. The summed E-state index contributed by atoms with van der Waals surface area (Å²) in [6.07, 6.45) is 4.45. The Morgan fingerprint density at radius 2 is 1.96 bits per heavy atom. The van der Waals surface area contributed by atoms with E-state index in [1.807, 2.05) is 0 Å². The van der Waals surface area contributed by atoms with Crippen LogP contribution in [0.15, 0.2) is 0 Å². The lowest BCUT2D eigenvalue weighted by Gasteiger charge is -2.37. The fourth-order valence-corrected chi connectivity index (χ4v) is 5.31. The molecule has 0 radical (unpaired) electrons. The van der Waals surface area contributed by atoms with Crippen molar-refractivity contribution in [3.05, 3.63) is 16.0 Å². The van der Waals surface area contributed by atoms with Crippen molar-refractivity contribution < 1.29 is 23.8 Å².